The fourth-order valence-electron chi connectivity index (χ4n) is 4.36. The number of benzene rings is 2. The molecule has 0 aliphatic carbocycles. The Kier molecular flexibility index (Phi) is 6.30. The first-order valence-corrected chi connectivity index (χ1v) is 11.7. The van der Waals surface area contributed by atoms with Crippen molar-refractivity contribution in [1.82, 2.24) is 25.3 Å². The number of H-pyrrole nitrogens is 1. The fraction of sp³-hybridized carbons (Fsp3) is 0.269. The molecule has 2 aromatic heterocycles. The lowest BCUT2D eigenvalue weighted by Crippen LogP contribution is -2.27. The quantitative estimate of drug-likeness (QED) is 0.358. The highest BCUT2D eigenvalue weighted by Crippen LogP contribution is 2.35. The van der Waals surface area contributed by atoms with Crippen molar-refractivity contribution in [3.63, 3.8) is 0 Å². The van der Waals surface area contributed by atoms with Gasteiger partial charge in [-0.05, 0) is 93.4 Å². The average Bonchev–Trinajstić information content (AvgIpc) is 3.28. The molecule has 1 aliphatic rings. The summed E-state index contributed by atoms with van der Waals surface area (Å²) < 4.78 is 19.7. The summed E-state index contributed by atoms with van der Waals surface area (Å²) in [5, 5.41) is 4.05. The number of aryl methyl sites for hydroxylation is 2. The van der Waals surface area contributed by atoms with Crippen molar-refractivity contribution in [2.24, 2.45) is 0 Å². The molecule has 8 heteroatoms. The Balaban J connectivity index is 1.55. The summed E-state index contributed by atoms with van der Waals surface area (Å²) in [6.07, 6.45) is 3.67. The predicted molar refractivity (Wildman–Crippen MR) is 131 cm³/mol. The molecule has 5 rings (SSSR count). The molecule has 2 aromatic carbocycles. The number of aromatic nitrogens is 4. The third-order valence-electron chi connectivity index (χ3n) is 6.07. The maximum atomic E-state index is 13.6. The van der Waals surface area contributed by atoms with Crippen LogP contribution in [0.3, 0.4) is 0 Å². The van der Waals surface area contributed by atoms with Crippen LogP contribution in [0.4, 0.5) is 4.39 Å². The Morgan fingerprint density at radius 2 is 1.71 bits per heavy atom. The molecule has 0 bridgehead atoms. The zero-order valence-electron chi connectivity index (χ0n) is 19.0. The second-order valence-corrected chi connectivity index (χ2v) is 9.01. The first kappa shape index (κ1) is 22.5. The maximum Gasteiger partial charge on any atom is 0.322 e. The molecular weight excluding hydrogens is 453 g/mol. The minimum absolute atomic E-state index is 0.231. The van der Waals surface area contributed by atoms with Crippen LogP contribution in [0, 0.1) is 19.7 Å². The van der Waals surface area contributed by atoms with Crippen LogP contribution in [-0.4, -0.2) is 33.0 Å². The van der Waals surface area contributed by atoms with Gasteiger partial charge < -0.3 is 15.0 Å². The maximum absolute atomic E-state index is 13.6. The van der Waals surface area contributed by atoms with E-state index in [9.17, 15) is 4.39 Å². The normalized spacial score (nSPS) is 14.4. The lowest BCUT2D eigenvalue weighted by Gasteiger charge is -2.20. The number of nitrogens with zero attached hydrogens (tertiary/aromatic N) is 3. The number of halogens is 2. The molecule has 6 nitrogen and oxygen atoms in total. The zero-order chi connectivity index (χ0) is 23.7. The van der Waals surface area contributed by atoms with Gasteiger partial charge in [0.15, 0.2) is 0 Å². The molecule has 0 unspecified atom stereocenters. The molecule has 0 saturated carbocycles. The zero-order valence-corrected chi connectivity index (χ0v) is 19.8. The number of hydrogen-bond acceptors (Lipinski definition) is 5. The average molecular weight is 478 g/mol. The Labute approximate surface area is 202 Å². The molecule has 0 radical (unpaired) electrons. The van der Waals surface area contributed by atoms with E-state index >= 15 is 0 Å². The van der Waals surface area contributed by atoms with Crippen LogP contribution in [0.2, 0.25) is 5.02 Å². The molecular formula is C26H25ClFN5O. The summed E-state index contributed by atoms with van der Waals surface area (Å²) in [5.41, 5.74) is 4.77. The van der Waals surface area contributed by atoms with Crippen molar-refractivity contribution in [1.29, 1.82) is 0 Å². The number of ether oxygens (including phenoxy) is 1. The molecule has 1 saturated heterocycles. The van der Waals surface area contributed by atoms with Gasteiger partial charge in [-0.15, -0.1) is 0 Å². The molecule has 0 atom stereocenters. The molecule has 34 heavy (non-hydrogen) atoms. The highest BCUT2D eigenvalue weighted by atomic mass is 35.5. The van der Waals surface area contributed by atoms with Crippen LogP contribution in [0.1, 0.15) is 35.7 Å². The molecule has 1 aliphatic heterocycles. The first-order chi connectivity index (χ1) is 16.5. The van der Waals surface area contributed by atoms with Gasteiger partial charge in [0.05, 0.1) is 17.1 Å². The summed E-state index contributed by atoms with van der Waals surface area (Å²) in [6, 6.07) is 12.1. The number of nitrogens with one attached hydrogen (secondary N) is 2. The molecule has 174 valence electrons. The van der Waals surface area contributed by atoms with E-state index in [1.54, 1.807) is 18.3 Å². The Hall–Kier alpha value is -3.29. The van der Waals surface area contributed by atoms with Crippen LogP contribution >= 0.6 is 11.6 Å². The molecule has 1 fully saturated rings. The second-order valence-electron chi connectivity index (χ2n) is 8.57. The standard InChI is InChI=1S/C26H25ClFN5O/c1-15-13-19(27)14-16(2)24(15)34-26-30-12-9-21(31-26)23-22(17-3-5-20(28)6-4-17)32-25(33-23)18-7-10-29-11-8-18/h3-6,9,12-14,18,29H,7-8,10-11H2,1-2H3,(H,32,33). The largest absolute Gasteiger partial charge is 0.424 e. The van der Waals surface area contributed by atoms with E-state index < -0.39 is 0 Å². The van der Waals surface area contributed by atoms with Crippen LogP contribution in [-0.2, 0) is 0 Å². The van der Waals surface area contributed by atoms with E-state index in [4.69, 9.17) is 21.3 Å². The summed E-state index contributed by atoms with van der Waals surface area (Å²) in [7, 11) is 0. The highest BCUT2D eigenvalue weighted by Gasteiger charge is 2.23. The van der Waals surface area contributed by atoms with Gasteiger partial charge in [0, 0.05) is 22.7 Å². The van der Waals surface area contributed by atoms with Crippen LogP contribution in [0.25, 0.3) is 22.6 Å². The minimum Gasteiger partial charge on any atom is -0.424 e. The van der Waals surface area contributed by atoms with Crippen molar-refractivity contribution in [2.45, 2.75) is 32.6 Å². The number of hydrogen-bond donors (Lipinski definition) is 2. The Bertz CT molecular complexity index is 1290. The van der Waals surface area contributed by atoms with Gasteiger partial charge in [-0.25, -0.2) is 14.4 Å². The predicted octanol–water partition coefficient (Wildman–Crippen LogP) is 6.20. The third kappa shape index (κ3) is 4.67. The van der Waals surface area contributed by atoms with Crippen molar-refractivity contribution >= 4 is 11.6 Å². The third-order valence-corrected chi connectivity index (χ3v) is 6.29. The second kappa shape index (κ2) is 9.52. The van der Waals surface area contributed by atoms with Gasteiger partial charge >= 0.3 is 6.01 Å². The monoisotopic (exact) mass is 477 g/mol. The minimum atomic E-state index is -0.286. The fourth-order valence-corrected chi connectivity index (χ4v) is 4.69. The Morgan fingerprint density at radius 1 is 1.00 bits per heavy atom. The lowest BCUT2D eigenvalue weighted by molar-refractivity contribution is 0.436. The summed E-state index contributed by atoms with van der Waals surface area (Å²) in [4.78, 5) is 17.4. The van der Waals surface area contributed by atoms with Crippen LogP contribution in [0.5, 0.6) is 11.8 Å². The molecule has 0 spiro atoms. The van der Waals surface area contributed by atoms with E-state index in [0.717, 1.165) is 59.8 Å². The number of imidazole rings is 1. The van der Waals surface area contributed by atoms with Crippen molar-refractivity contribution < 1.29 is 9.13 Å². The Morgan fingerprint density at radius 3 is 2.41 bits per heavy atom. The van der Waals surface area contributed by atoms with Crippen LogP contribution in [0.15, 0.2) is 48.7 Å². The van der Waals surface area contributed by atoms with E-state index in [1.807, 2.05) is 32.0 Å². The van der Waals surface area contributed by atoms with Gasteiger partial charge in [0.1, 0.15) is 17.4 Å². The van der Waals surface area contributed by atoms with E-state index in [-0.39, 0.29) is 11.8 Å². The molecule has 3 heterocycles. The molecule has 2 N–H and O–H groups in total. The van der Waals surface area contributed by atoms with E-state index in [2.05, 4.69) is 20.3 Å². The number of rotatable bonds is 5. The topological polar surface area (TPSA) is 75.7 Å². The molecule has 0 amide bonds. The highest BCUT2D eigenvalue weighted by molar-refractivity contribution is 6.30. The smallest absolute Gasteiger partial charge is 0.322 e. The van der Waals surface area contributed by atoms with Crippen molar-refractivity contribution in [2.75, 3.05) is 13.1 Å². The van der Waals surface area contributed by atoms with Crippen molar-refractivity contribution in [3.05, 3.63) is 76.5 Å². The van der Waals surface area contributed by atoms with Gasteiger partial charge in [-0.2, -0.15) is 4.98 Å². The summed E-state index contributed by atoms with van der Waals surface area (Å²) >= 11 is 6.16. The number of aromatic amines is 1. The number of piperidine rings is 1. The van der Waals surface area contributed by atoms with E-state index in [1.165, 1.54) is 12.1 Å². The van der Waals surface area contributed by atoms with Gasteiger partial charge in [0.25, 0.3) is 0 Å². The van der Waals surface area contributed by atoms with Gasteiger partial charge in [0.2, 0.25) is 0 Å². The molecule has 4 aromatic rings. The first-order valence-electron chi connectivity index (χ1n) is 11.3. The van der Waals surface area contributed by atoms with Crippen LogP contribution < -0.4 is 10.1 Å². The summed E-state index contributed by atoms with van der Waals surface area (Å²) in [6.45, 7) is 5.78. The van der Waals surface area contributed by atoms with Gasteiger partial charge in [-0.1, -0.05) is 11.6 Å². The van der Waals surface area contributed by atoms with E-state index in [0.29, 0.717) is 22.4 Å². The van der Waals surface area contributed by atoms with Gasteiger partial charge in [-0.3, -0.25) is 0 Å². The SMILES string of the molecule is Cc1cc(Cl)cc(C)c1Oc1nccc(-c2[nH]c(C3CCNCC3)nc2-c2ccc(F)cc2)n1. The van der Waals surface area contributed by atoms with Crippen molar-refractivity contribution in [3.8, 4) is 34.4 Å². The summed E-state index contributed by atoms with van der Waals surface area (Å²) in [5.74, 6) is 1.64. The lowest BCUT2D eigenvalue weighted by atomic mass is 9.98.